The zero-order valence-corrected chi connectivity index (χ0v) is 8.83. The molecular formula is C11H9N3O3. The minimum atomic E-state index is -0.962. The highest BCUT2D eigenvalue weighted by Crippen LogP contribution is 2.44. The Morgan fingerprint density at radius 2 is 2.47 bits per heavy atom. The highest BCUT2D eigenvalue weighted by Gasteiger charge is 2.43. The molecular weight excluding hydrogens is 222 g/mol. The molecule has 2 atom stereocenters. The summed E-state index contributed by atoms with van der Waals surface area (Å²) in [7, 11) is 0. The molecule has 1 amide bonds. The SMILES string of the molecule is N#Cc1cncc2c1O[C@H]1C[C@@H]2N(C(=O)O)C1. The number of fused-ring (bicyclic) bond motifs is 4. The van der Waals surface area contributed by atoms with E-state index in [1.54, 1.807) is 6.20 Å². The second-order valence-electron chi connectivity index (χ2n) is 4.14. The number of nitrogens with zero attached hydrogens (tertiary/aromatic N) is 3. The summed E-state index contributed by atoms with van der Waals surface area (Å²) in [5, 5.41) is 18.1. The molecule has 2 bridgehead atoms. The highest BCUT2D eigenvalue weighted by atomic mass is 16.5. The summed E-state index contributed by atoms with van der Waals surface area (Å²) in [4.78, 5) is 16.4. The zero-order chi connectivity index (χ0) is 12.0. The Morgan fingerprint density at radius 1 is 1.65 bits per heavy atom. The van der Waals surface area contributed by atoms with Crippen molar-refractivity contribution >= 4 is 6.09 Å². The Labute approximate surface area is 97.1 Å². The van der Waals surface area contributed by atoms with Crippen LogP contribution >= 0.6 is 0 Å². The van der Waals surface area contributed by atoms with Gasteiger partial charge in [-0.25, -0.2) is 4.79 Å². The van der Waals surface area contributed by atoms with E-state index in [9.17, 15) is 4.79 Å². The number of pyridine rings is 1. The Balaban J connectivity index is 2.11. The quantitative estimate of drug-likeness (QED) is 0.723. The van der Waals surface area contributed by atoms with Crippen LogP contribution in [0.3, 0.4) is 0 Å². The van der Waals surface area contributed by atoms with Gasteiger partial charge in [-0.1, -0.05) is 0 Å². The number of rotatable bonds is 0. The van der Waals surface area contributed by atoms with Crippen LogP contribution in [-0.4, -0.2) is 33.7 Å². The van der Waals surface area contributed by atoms with E-state index < -0.39 is 6.09 Å². The third-order valence-corrected chi connectivity index (χ3v) is 3.20. The maximum atomic E-state index is 11.1. The molecule has 1 aromatic rings. The van der Waals surface area contributed by atoms with E-state index in [4.69, 9.17) is 15.1 Å². The fraction of sp³-hybridized carbons (Fsp3) is 0.364. The van der Waals surface area contributed by atoms with Crippen molar-refractivity contribution in [2.45, 2.75) is 18.6 Å². The van der Waals surface area contributed by atoms with Crippen molar-refractivity contribution in [3.05, 3.63) is 23.5 Å². The minimum Gasteiger partial charge on any atom is -0.487 e. The number of likely N-dealkylation sites (tertiary alicyclic amines) is 1. The monoisotopic (exact) mass is 231 g/mol. The van der Waals surface area contributed by atoms with Gasteiger partial charge in [0.2, 0.25) is 0 Å². The van der Waals surface area contributed by atoms with E-state index in [1.165, 1.54) is 11.1 Å². The van der Waals surface area contributed by atoms with Gasteiger partial charge in [0.05, 0.1) is 12.6 Å². The van der Waals surface area contributed by atoms with Crippen LogP contribution in [0.15, 0.2) is 12.4 Å². The molecule has 6 heteroatoms. The number of hydrogen-bond donors (Lipinski definition) is 1. The Morgan fingerprint density at radius 3 is 3.18 bits per heavy atom. The Bertz CT molecular complexity index is 537. The lowest BCUT2D eigenvalue weighted by Gasteiger charge is -2.25. The van der Waals surface area contributed by atoms with Gasteiger partial charge < -0.3 is 9.84 Å². The number of ether oxygens (including phenoxy) is 1. The molecule has 1 saturated heterocycles. The predicted octanol–water partition coefficient (Wildman–Crippen LogP) is 1.14. The Kier molecular flexibility index (Phi) is 1.95. The lowest BCUT2D eigenvalue weighted by molar-refractivity contribution is 0.139. The van der Waals surface area contributed by atoms with Crippen LogP contribution in [0.5, 0.6) is 5.75 Å². The molecule has 2 aliphatic rings. The summed E-state index contributed by atoms with van der Waals surface area (Å²) >= 11 is 0. The van der Waals surface area contributed by atoms with Gasteiger partial charge in [0, 0.05) is 24.4 Å². The second-order valence-corrected chi connectivity index (χ2v) is 4.14. The molecule has 2 aliphatic heterocycles. The van der Waals surface area contributed by atoms with Gasteiger partial charge in [-0.2, -0.15) is 5.26 Å². The summed E-state index contributed by atoms with van der Waals surface area (Å²) in [5.74, 6) is 0.493. The first kappa shape index (κ1) is 9.90. The van der Waals surface area contributed by atoms with Crippen molar-refractivity contribution < 1.29 is 14.6 Å². The van der Waals surface area contributed by atoms with Gasteiger partial charge in [-0.05, 0) is 0 Å². The molecule has 0 aliphatic carbocycles. The zero-order valence-electron chi connectivity index (χ0n) is 8.83. The largest absolute Gasteiger partial charge is 0.487 e. The van der Waals surface area contributed by atoms with Crippen LogP contribution in [-0.2, 0) is 0 Å². The van der Waals surface area contributed by atoms with Crippen LogP contribution in [0.25, 0.3) is 0 Å². The third kappa shape index (κ3) is 1.32. The van der Waals surface area contributed by atoms with Crippen molar-refractivity contribution in [3.63, 3.8) is 0 Å². The van der Waals surface area contributed by atoms with Crippen molar-refractivity contribution in [1.82, 2.24) is 9.88 Å². The number of aromatic nitrogens is 1. The molecule has 0 spiro atoms. The third-order valence-electron chi connectivity index (χ3n) is 3.20. The van der Waals surface area contributed by atoms with E-state index in [0.29, 0.717) is 29.8 Å². The van der Waals surface area contributed by atoms with Crippen LogP contribution in [0.4, 0.5) is 4.79 Å². The Hall–Kier alpha value is -2.29. The van der Waals surface area contributed by atoms with Crippen molar-refractivity contribution in [2.24, 2.45) is 0 Å². The summed E-state index contributed by atoms with van der Waals surface area (Å²) in [6.07, 6.45) is 2.54. The van der Waals surface area contributed by atoms with Crippen LogP contribution in [0.2, 0.25) is 0 Å². The van der Waals surface area contributed by atoms with Gasteiger partial charge in [-0.15, -0.1) is 0 Å². The molecule has 3 heterocycles. The highest BCUT2D eigenvalue weighted by molar-refractivity contribution is 5.67. The summed E-state index contributed by atoms with van der Waals surface area (Å²) < 4.78 is 5.66. The topological polar surface area (TPSA) is 86.5 Å². The van der Waals surface area contributed by atoms with Gasteiger partial charge in [-0.3, -0.25) is 9.88 Å². The first-order valence-corrected chi connectivity index (χ1v) is 5.25. The van der Waals surface area contributed by atoms with Gasteiger partial charge in [0.15, 0.2) is 0 Å². The van der Waals surface area contributed by atoms with E-state index in [1.807, 2.05) is 6.07 Å². The number of nitriles is 1. The average Bonchev–Trinajstić information content (AvgIpc) is 2.67. The van der Waals surface area contributed by atoms with E-state index >= 15 is 0 Å². The standard InChI is InChI=1S/C11H9N3O3/c12-2-6-3-13-4-8-9-1-7(17-10(6)8)5-14(9)11(15)16/h3-4,7,9H,1,5H2,(H,15,16)/t7-,9-/m0/s1. The van der Waals surface area contributed by atoms with E-state index in [-0.39, 0.29) is 12.1 Å². The van der Waals surface area contributed by atoms with Gasteiger partial charge in [0.1, 0.15) is 23.5 Å². The molecule has 6 nitrogen and oxygen atoms in total. The van der Waals surface area contributed by atoms with E-state index in [2.05, 4.69) is 4.98 Å². The molecule has 1 aromatic heterocycles. The lowest BCUT2D eigenvalue weighted by atomic mass is 10.0. The first-order valence-electron chi connectivity index (χ1n) is 5.25. The fourth-order valence-corrected chi connectivity index (χ4v) is 2.47. The smallest absolute Gasteiger partial charge is 0.407 e. The molecule has 1 N–H and O–H groups in total. The molecule has 0 unspecified atom stereocenters. The lowest BCUT2D eigenvalue weighted by Crippen LogP contribution is -2.29. The van der Waals surface area contributed by atoms with Crippen molar-refractivity contribution in [1.29, 1.82) is 5.26 Å². The van der Waals surface area contributed by atoms with Crippen molar-refractivity contribution in [2.75, 3.05) is 6.54 Å². The fourth-order valence-electron chi connectivity index (χ4n) is 2.47. The maximum Gasteiger partial charge on any atom is 0.407 e. The van der Waals surface area contributed by atoms with E-state index in [0.717, 1.165) is 0 Å². The average molecular weight is 231 g/mol. The van der Waals surface area contributed by atoms with Crippen LogP contribution in [0, 0.1) is 11.3 Å². The van der Waals surface area contributed by atoms with Crippen LogP contribution < -0.4 is 4.74 Å². The number of amides is 1. The summed E-state index contributed by atoms with van der Waals surface area (Å²) in [5.41, 5.74) is 1.06. The summed E-state index contributed by atoms with van der Waals surface area (Å²) in [6.45, 7) is 0.347. The van der Waals surface area contributed by atoms with Gasteiger partial charge in [0.25, 0.3) is 0 Å². The number of hydrogen-bond acceptors (Lipinski definition) is 4. The van der Waals surface area contributed by atoms with Crippen LogP contribution in [0.1, 0.15) is 23.6 Å². The molecule has 0 aromatic carbocycles. The molecule has 17 heavy (non-hydrogen) atoms. The van der Waals surface area contributed by atoms with Gasteiger partial charge >= 0.3 is 6.09 Å². The molecule has 0 saturated carbocycles. The molecule has 3 rings (SSSR count). The minimum absolute atomic E-state index is 0.155. The number of carboxylic acid groups (broad SMARTS) is 1. The molecule has 0 radical (unpaired) electrons. The molecule has 1 fully saturated rings. The second kappa shape index (κ2) is 3.35. The first-order chi connectivity index (χ1) is 8.20. The van der Waals surface area contributed by atoms with Crippen molar-refractivity contribution in [3.8, 4) is 11.8 Å². The summed E-state index contributed by atoms with van der Waals surface area (Å²) in [6, 6.07) is 1.78. The predicted molar refractivity (Wildman–Crippen MR) is 55.5 cm³/mol. The normalized spacial score (nSPS) is 24.8. The maximum absolute atomic E-state index is 11.1. The number of carbonyl (C=O) groups is 1. The molecule has 86 valence electrons.